The van der Waals surface area contributed by atoms with E-state index in [4.69, 9.17) is 9.15 Å². The molecule has 1 N–H and O–H groups in total. The molecule has 7 heteroatoms. The van der Waals surface area contributed by atoms with Gasteiger partial charge in [-0.05, 0) is 24.3 Å². The molecular weight excluding hydrogens is 348 g/mol. The lowest BCUT2D eigenvalue weighted by Crippen LogP contribution is -2.20. The number of para-hydroxylation sites is 1. The molecule has 7 nitrogen and oxygen atoms in total. The Morgan fingerprint density at radius 1 is 1.00 bits per heavy atom. The largest absolute Gasteiger partial charge is 0.484 e. The van der Waals surface area contributed by atoms with Gasteiger partial charge in [0.1, 0.15) is 16.9 Å². The van der Waals surface area contributed by atoms with Crippen LogP contribution in [0.2, 0.25) is 0 Å². The van der Waals surface area contributed by atoms with Crippen molar-refractivity contribution >= 4 is 39.2 Å². The molecular formula is C20H14N2O5. The van der Waals surface area contributed by atoms with Crippen molar-refractivity contribution in [3.05, 3.63) is 76.8 Å². The Balaban J connectivity index is 1.45. The van der Waals surface area contributed by atoms with Crippen molar-refractivity contribution in [1.82, 2.24) is 0 Å². The zero-order valence-electron chi connectivity index (χ0n) is 14.0. The average molecular weight is 362 g/mol. The van der Waals surface area contributed by atoms with Crippen LogP contribution in [0.3, 0.4) is 0 Å². The van der Waals surface area contributed by atoms with E-state index in [9.17, 15) is 14.9 Å². The van der Waals surface area contributed by atoms with Crippen molar-refractivity contribution in [2.45, 2.75) is 0 Å². The summed E-state index contributed by atoms with van der Waals surface area (Å²) in [6, 6.07) is 18.8. The molecule has 0 atom stereocenters. The minimum absolute atomic E-state index is 0.0942. The smallest absolute Gasteiger partial charge is 0.273 e. The van der Waals surface area contributed by atoms with Gasteiger partial charge in [0.05, 0.1) is 11.0 Å². The van der Waals surface area contributed by atoms with Gasteiger partial charge in [-0.3, -0.25) is 14.9 Å². The van der Waals surface area contributed by atoms with E-state index in [1.54, 1.807) is 18.2 Å². The maximum Gasteiger partial charge on any atom is 0.273 e. The molecule has 4 rings (SSSR count). The molecule has 0 saturated carbocycles. The van der Waals surface area contributed by atoms with Crippen LogP contribution in [-0.4, -0.2) is 17.4 Å². The molecule has 0 aliphatic carbocycles. The molecule has 27 heavy (non-hydrogen) atoms. The van der Waals surface area contributed by atoms with Gasteiger partial charge in [0.15, 0.2) is 6.61 Å². The standard InChI is InChI=1S/C20H14N2O5/c23-20(12-26-15-5-3-4-14(11-15)22(24)25)21-13-8-9-17-16-6-1-2-7-18(16)27-19(17)10-13/h1-11H,12H2,(H,21,23). The van der Waals surface area contributed by atoms with Gasteiger partial charge < -0.3 is 14.5 Å². The Kier molecular flexibility index (Phi) is 4.18. The van der Waals surface area contributed by atoms with Crippen molar-refractivity contribution in [1.29, 1.82) is 0 Å². The number of rotatable bonds is 5. The second-order valence-corrected chi connectivity index (χ2v) is 5.90. The molecule has 1 amide bonds. The van der Waals surface area contributed by atoms with Crippen LogP contribution in [0.4, 0.5) is 11.4 Å². The number of amides is 1. The number of anilines is 1. The SMILES string of the molecule is O=C(COc1cccc([N+](=O)[O-])c1)Nc1ccc2c(c1)oc1ccccc12. The number of fused-ring (bicyclic) bond motifs is 3. The second-order valence-electron chi connectivity index (χ2n) is 5.90. The lowest BCUT2D eigenvalue weighted by Gasteiger charge is -2.07. The molecule has 0 saturated heterocycles. The fraction of sp³-hybridized carbons (Fsp3) is 0.0500. The first kappa shape index (κ1) is 16.6. The molecule has 0 fully saturated rings. The predicted octanol–water partition coefficient (Wildman–Crippen LogP) is 4.51. The van der Waals surface area contributed by atoms with Crippen LogP contribution in [-0.2, 0) is 4.79 Å². The third kappa shape index (κ3) is 3.43. The molecule has 3 aromatic carbocycles. The summed E-state index contributed by atoms with van der Waals surface area (Å²) in [5.74, 6) is -0.121. The van der Waals surface area contributed by atoms with Gasteiger partial charge in [-0.1, -0.05) is 24.3 Å². The highest BCUT2D eigenvalue weighted by molar-refractivity contribution is 6.06. The molecule has 1 heterocycles. The quantitative estimate of drug-likeness (QED) is 0.416. The number of carbonyl (C=O) groups excluding carboxylic acids is 1. The summed E-state index contributed by atoms with van der Waals surface area (Å²) in [7, 11) is 0. The second kappa shape index (κ2) is 6.80. The van der Waals surface area contributed by atoms with E-state index in [-0.39, 0.29) is 24.0 Å². The lowest BCUT2D eigenvalue weighted by atomic mass is 10.1. The molecule has 0 unspecified atom stereocenters. The summed E-state index contributed by atoms with van der Waals surface area (Å²) in [6.45, 7) is -0.265. The van der Waals surface area contributed by atoms with Crippen LogP contribution in [0.15, 0.2) is 71.1 Å². The van der Waals surface area contributed by atoms with E-state index in [0.717, 1.165) is 16.4 Å². The molecule has 0 aliphatic rings. The molecule has 1 aromatic heterocycles. The number of hydrogen-bond donors (Lipinski definition) is 1. The van der Waals surface area contributed by atoms with E-state index in [1.807, 2.05) is 30.3 Å². The van der Waals surface area contributed by atoms with Crippen molar-refractivity contribution in [2.24, 2.45) is 0 Å². The van der Waals surface area contributed by atoms with Crippen LogP contribution in [0.25, 0.3) is 21.9 Å². The lowest BCUT2D eigenvalue weighted by molar-refractivity contribution is -0.384. The number of nitrogens with zero attached hydrogens (tertiary/aromatic N) is 1. The van der Waals surface area contributed by atoms with Crippen molar-refractivity contribution in [3.63, 3.8) is 0 Å². The maximum absolute atomic E-state index is 12.1. The number of carbonyl (C=O) groups is 1. The predicted molar refractivity (Wildman–Crippen MR) is 101 cm³/mol. The summed E-state index contributed by atoms with van der Waals surface area (Å²) in [6.07, 6.45) is 0. The Bertz CT molecular complexity index is 1170. The average Bonchev–Trinajstić information content (AvgIpc) is 3.04. The molecule has 0 bridgehead atoms. The fourth-order valence-electron chi connectivity index (χ4n) is 2.84. The number of ether oxygens (including phenoxy) is 1. The van der Waals surface area contributed by atoms with Gasteiger partial charge in [-0.2, -0.15) is 0 Å². The molecule has 0 radical (unpaired) electrons. The minimum atomic E-state index is -0.518. The number of nitrogens with one attached hydrogen (secondary N) is 1. The van der Waals surface area contributed by atoms with Crippen LogP contribution in [0.5, 0.6) is 5.75 Å². The first-order valence-corrected chi connectivity index (χ1v) is 8.18. The fourth-order valence-corrected chi connectivity index (χ4v) is 2.84. The number of hydrogen-bond acceptors (Lipinski definition) is 5. The van der Waals surface area contributed by atoms with E-state index >= 15 is 0 Å². The number of nitro groups is 1. The summed E-state index contributed by atoms with van der Waals surface area (Å²) in [5.41, 5.74) is 1.94. The monoisotopic (exact) mass is 362 g/mol. The third-order valence-electron chi connectivity index (χ3n) is 4.06. The van der Waals surface area contributed by atoms with Crippen LogP contribution in [0.1, 0.15) is 0 Å². The molecule has 0 spiro atoms. The number of non-ortho nitro benzene ring substituents is 1. The van der Waals surface area contributed by atoms with E-state index in [0.29, 0.717) is 11.3 Å². The molecule has 134 valence electrons. The Labute approximate surface area is 153 Å². The Morgan fingerprint density at radius 2 is 1.81 bits per heavy atom. The highest BCUT2D eigenvalue weighted by Gasteiger charge is 2.10. The first-order valence-electron chi connectivity index (χ1n) is 8.18. The highest BCUT2D eigenvalue weighted by atomic mass is 16.6. The first-order chi connectivity index (χ1) is 13.1. The van der Waals surface area contributed by atoms with Crippen molar-refractivity contribution in [2.75, 3.05) is 11.9 Å². The van der Waals surface area contributed by atoms with Crippen LogP contribution < -0.4 is 10.1 Å². The van der Waals surface area contributed by atoms with Crippen LogP contribution >= 0.6 is 0 Å². The number of nitro benzene ring substituents is 1. The minimum Gasteiger partial charge on any atom is -0.484 e. The Morgan fingerprint density at radius 3 is 2.67 bits per heavy atom. The summed E-state index contributed by atoms with van der Waals surface area (Å²) >= 11 is 0. The Hall–Kier alpha value is -3.87. The molecule has 0 aliphatic heterocycles. The van der Waals surface area contributed by atoms with Gasteiger partial charge in [0.2, 0.25) is 0 Å². The van der Waals surface area contributed by atoms with Crippen molar-refractivity contribution < 1.29 is 18.9 Å². The zero-order chi connectivity index (χ0) is 18.8. The summed E-state index contributed by atoms with van der Waals surface area (Å²) in [4.78, 5) is 22.4. The van der Waals surface area contributed by atoms with Gasteiger partial charge in [-0.25, -0.2) is 0 Å². The van der Waals surface area contributed by atoms with E-state index in [1.165, 1.54) is 18.2 Å². The van der Waals surface area contributed by atoms with Gasteiger partial charge in [0, 0.05) is 28.6 Å². The van der Waals surface area contributed by atoms with E-state index in [2.05, 4.69) is 5.32 Å². The third-order valence-corrected chi connectivity index (χ3v) is 4.06. The highest BCUT2D eigenvalue weighted by Crippen LogP contribution is 2.30. The maximum atomic E-state index is 12.1. The number of benzene rings is 3. The normalized spacial score (nSPS) is 10.8. The van der Waals surface area contributed by atoms with Crippen LogP contribution in [0, 0.1) is 10.1 Å². The summed E-state index contributed by atoms with van der Waals surface area (Å²) < 4.78 is 11.1. The molecule has 4 aromatic rings. The van der Waals surface area contributed by atoms with Gasteiger partial charge in [0.25, 0.3) is 11.6 Å². The van der Waals surface area contributed by atoms with Gasteiger partial charge >= 0.3 is 0 Å². The topological polar surface area (TPSA) is 94.6 Å². The summed E-state index contributed by atoms with van der Waals surface area (Å²) in [5, 5.41) is 15.5. The van der Waals surface area contributed by atoms with Crippen molar-refractivity contribution in [3.8, 4) is 5.75 Å². The number of furan rings is 1. The van der Waals surface area contributed by atoms with E-state index < -0.39 is 4.92 Å². The van der Waals surface area contributed by atoms with Gasteiger partial charge in [-0.15, -0.1) is 0 Å². The zero-order valence-corrected chi connectivity index (χ0v) is 14.0.